The maximum Gasteiger partial charge on any atom is 0.305 e. The number of hydrogen-bond donors (Lipinski definition) is 2. The van der Waals surface area contributed by atoms with Gasteiger partial charge in [0.2, 0.25) is 0 Å². The fourth-order valence-corrected chi connectivity index (χ4v) is 3.40. The van der Waals surface area contributed by atoms with Crippen LogP contribution in [0.25, 0.3) is 0 Å². The molecule has 3 N–H and O–H groups in total. The van der Waals surface area contributed by atoms with Crippen LogP contribution >= 0.6 is 0 Å². The smallest absolute Gasteiger partial charge is 0.305 e. The minimum Gasteiger partial charge on any atom is -0.469 e. The first-order valence-electron chi connectivity index (χ1n) is 9.67. The predicted octanol–water partition coefficient (Wildman–Crippen LogP) is 0.559. The van der Waals surface area contributed by atoms with Crippen molar-refractivity contribution in [3.63, 3.8) is 0 Å². The highest BCUT2D eigenvalue weighted by Crippen LogP contribution is 2.17. The third-order valence-corrected chi connectivity index (χ3v) is 4.82. The molecular weight excluding hydrogens is 406 g/mol. The summed E-state index contributed by atoms with van der Waals surface area (Å²) in [7, 11) is -0.827. The van der Waals surface area contributed by atoms with E-state index in [1.165, 1.54) is 21.1 Å². The first-order chi connectivity index (χ1) is 13.6. The van der Waals surface area contributed by atoms with Gasteiger partial charge >= 0.3 is 5.97 Å². The minimum absolute atomic E-state index is 0.148. The molecule has 0 radical (unpaired) electrons. The van der Waals surface area contributed by atoms with E-state index in [9.17, 15) is 18.3 Å². The van der Waals surface area contributed by atoms with Crippen molar-refractivity contribution >= 4 is 16.1 Å². The number of aliphatic hydroxyl groups is 1. The van der Waals surface area contributed by atoms with Crippen molar-refractivity contribution < 1.29 is 41.4 Å². The highest BCUT2D eigenvalue weighted by Gasteiger charge is 2.30. The summed E-state index contributed by atoms with van der Waals surface area (Å²) in [4.78, 5) is 11.1. The molecule has 0 aliphatic carbocycles. The van der Waals surface area contributed by atoms with Gasteiger partial charge in [-0.05, 0) is 26.2 Å². The third-order valence-electron chi connectivity index (χ3n) is 4.17. The minimum atomic E-state index is -3.72. The van der Waals surface area contributed by atoms with Gasteiger partial charge in [-0.3, -0.25) is 8.98 Å². The molecular formula is C18H37NO9S. The van der Waals surface area contributed by atoms with E-state index in [0.29, 0.717) is 32.5 Å². The lowest BCUT2D eigenvalue weighted by atomic mass is 9.98. The molecule has 0 aromatic heterocycles. The van der Waals surface area contributed by atoms with Crippen LogP contribution < -0.4 is 5.73 Å². The predicted molar refractivity (Wildman–Crippen MR) is 107 cm³/mol. The molecule has 0 heterocycles. The number of aliphatic hydroxyl groups excluding tert-OH is 1. The van der Waals surface area contributed by atoms with Crippen molar-refractivity contribution in [2.24, 2.45) is 5.73 Å². The largest absolute Gasteiger partial charge is 0.469 e. The van der Waals surface area contributed by atoms with Crippen molar-refractivity contribution in [2.75, 3.05) is 40.5 Å². The lowest BCUT2D eigenvalue weighted by molar-refractivity contribution is -0.155. The van der Waals surface area contributed by atoms with Crippen molar-refractivity contribution in [3.05, 3.63) is 0 Å². The number of methoxy groups -OCH3 is 2. The third kappa shape index (κ3) is 15.7. The molecule has 0 saturated heterocycles. The van der Waals surface area contributed by atoms with Crippen molar-refractivity contribution in [1.29, 1.82) is 0 Å². The van der Waals surface area contributed by atoms with Gasteiger partial charge in [0.25, 0.3) is 10.1 Å². The monoisotopic (exact) mass is 443 g/mol. The van der Waals surface area contributed by atoms with E-state index in [2.05, 4.69) is 4.74 Å². The molecule has 174 valence electrons. The number of nitrogens with two attached hydrogens (primary N) is 1. The Bertz CT molecular complexity index is 529. The van der Waals surface area contributed by atoms with Gasteiger partial charge in [-0.1, -0.05) is 12.8 Å². The van der Waals surface area contributed by atoms with Crippen LogP contribution in [0.3, 0.4) is 0 Å². The summed E-state index contributed by atoms with van der Waals surface area (Å²) < 4.78 is 48.0. The number of unbranched alkanes of at least 4 members (excludes halogenated alkanes) is 2. The SMILES string of the molecule is COCCOCO[C@@H]([C@H](O)C[C@@H](N)CCCCCC(=O)OC)[C@@H](C)OS(C)(=O)=O. The maximum atomic E-state index is 11.4. The zero-order chi connectivity index (χ0) is 22.3. The molecule has 0 aromatic carbocycles. The summed E-state index contributed by atoms with van der Waals surface area (Å²) in [5.74, 6) is -0.239. The second-order valence-electron chi connectivity index (χ2n) is 6.89. The first-order valence-corrected chi connectivity index (χ1v) is 11.5. The fourth-order valence-electron chi connectivity index (χ4n) is 2.73. The number of ether oxygens (including phenoxy) is 4. The Kier molecular flexibility index (Phi) is 15.5. The van der Waals surface area contributed by atoms with Crippen LogP contribution in [-0.2, 0) is 38.0 Å². The molecule has 0 aromatic rings. The Labute approximate surface area is 174 Å². The van der Waals surface area contributed by atoms with Gasteiger partial charge in [-0.2, -0.15) is 8.42 Å². The maximum absolute atomic E-state index is 11.4. The van der Waals surface area contributed by atoms with Crippen LogP contribution in [0.4, 0.5) is 0 Å². The average Bonchev–Trinajstić information content (AvgIpc) is 2.62. The van der Waals surface area contributed by atoms with E-state index in [0.717, 1.165) is 19.1 Å². The van der Waals surface area contributed by atoms with Gasteiger partial charge in [0.15, 0.2) is 0 Å². The second kappa shape index (κ2) is 15.9. The van der Waals surface area contributed by atoms with Gasteiger partial charge in [-0.25, -0.2) is 0 Å². The fraction of sp³-hybridized carbons (Fsp3) is 0.944. The first kappa shape index (κ1) is 28.2. The molecule has 11 heteroatoms. The Morgan fingerprint density at radius 1 is 1.14 bits per heavy atom. The van der Waals surface area contributed by atoms with Gasteiger partial charge < -0.3 is 29.8 Å². The normalized spacial score (nSPS) is 16.2. The summed E-state index contributed by atoms with van der Waals surface area (Å²) >= 11 is 0. The quantitative estimate of drug-likeness (QED) is 0.133. The lowest BCUT2D eigenvalue weighted by Gasteiger charge is -2.29. The molecule has 0 aliphatic heterocycles. The van der Waals surface area contributed by atoms with E-state index in [1.807, 2.05) is 0 Å². The topological polar surface area (TPSA) is 144 Å². The van der Waals surface area contributed by atoms with Gasteiger partial charge in [0.05, 0.1) is 32.7 Å². The summed E-state index contributed by atoms with van der Waals surface area (Å²) in [6, 6.07) is -0.311. The zero-order valence-corrected chi connectivity index (χ0v) is 18.7. The number of carbonyl (C=O) groups excluding carboxylic acids is 1. The van der Waals surface area contributed by atoms with Crippen LogP contribution in [-0.4, -0.2) is 84.3 Å². The number of esters is 1. The van der Waals surface area contributed by atoms with Gasteiger partial charge in [0, 0.05) is 19.6 Å². The molecule has 10 nitrogen and oxygen atoms in total. The zero-order valence-electron chi connectivity index (χ0n) is 17.9. The average molecular weight is 444 g/mol. The van der Waals surface area contributed by atoms with E-state index < -0.39 is 28.4 Å². The summed E-state index contributed by atoms with van der Waals surface area (Å²) in [5, 5.41) is 10.5. The van der Waals surface area contributed by atoms with E-state index >= 15 is 0 Å². The lowest BCUT2D eigenvalue weighted by Crippen LogP contribution is -2.43. The molecule has 0 unspecified atom stereocenters. The summed E-state index contributed by atoms with van der Waals surface area (Å²) in [5.41, 5.74) is 6.09. The Morgan fingerprint density at radius 2 is 1.83 bits per heavy atom. The molecule has 0 amide bonds. The number of carbonyl (C=O) groups is 1. The number of rotatable bonds is 18. The van der Waals surface area contributed by atoms with Crippen molar-refractivity contribution in [3.8, 4) is 0 Å². The van der Waals surface area contributed by atoms with E-state index in [-0.39, 0.29) is 25.2 Å². The molecule has 0 rings (SSSR count). The summed E-state index contributed by atoms with van der Waals surface area (Å²) in [6.45, 7) is 2.03. The molecule has 4 atom stereocenters. The van der Waals surface area contributed by atoms with Crippen molar-refractivity contribution in [1.82, 2.24) is 0 Å². The summed E-state index contributed by atoms with van der Waals surface area (Å²) in [6.07, 6.45) is 1.60. The highest BCUT2D eigenvalue weighted by molar-refractivity contribution is 7.86. The standard InChI is InChI=1S/C18H37NO9S/c1-14(28-29(4,22)23)18(27-13-26-11-10-24-2)16(20)12-15(19)8-6-5-7-9-17(21)25-3/h14-16,18,20H,5-13,19H2,1-4H3/t14-,15+,16-,18-/m1/s1. The highest BCUT2D eigenvalue weighted by atomic mass is 32.2. The van der Waals surface area contributed by atoms with Gasteiger partial charge in [0.1, 0.15) is 19.0 Å². The molecule has 0 aliphatic rings. The van der Waals surface area contributed by atoms with E-state index in [1.54, 1.807) is 0 Å². The Morgan fingerprint density at radius 3 is 2.41 bits per heavy atom. The number of hydrogen-bond acceptors (Lipinski definition) is 10. The van der Waals surface area contributed by atoms with Crippen LogP contribution in [0, 0.1) is 0 Å². The Balaban J connectivity index is 4.50. The molecule has 0 bridgehead atoms. The molecule has 0 fully saturated rings. The van der Waals surface area contributed by atoms with E-state index in [4.69, 9.17) is 24.1 Å². The Hall–Kier alpha value is -0.820. The van der Waals surface area contributed by atoms with Crippen molar-refractivity contribution in [2.45, 2.75) is 69.8 Å². The van der Waals surface area contributed by atoms with Crippen LogP contribution in [0.2, 0.25) is 0 Å². The van der Waals surface area contributed by atoms with Crippen LogP contribution in [0.1, 0.15) is 45.4 Å². The molecule has 0 saturated carbocycles. The van der Waals surface area contributed by atoms with Crippen LogP contribution in [0.5, 0.6) is 0 Å². The van der Waals surface area contributed by atoms with Gasteiger partial charge in [-0.15, -0.1) is 0 Å². The molecule has 29 heavy (non-hydrogen) atoms. The second-order valence-corrected chi connectivity index (χ2v) is 8.49. The molecule has 0 spiro atoms. The van der Waals surface area contributed by atoms with Crippen LogP contribution in [0.15, 0.2) is 0 Å².